The molecule has 108 valence electrons. The molecule has 0 spiro atoms. The third kappa shape index (κ3) is 4.23. The summed E-state index contributed by atoms with van der Waals surface area (Å²) in [6, 6.07) is 5.04. The lowest BCUT2D eigenvalue weighted by atomic mass is 9.93. The lowest BCUT2D eigenvalue weighted by molar-refractivity contribution is -0.384. The lowest BCUT2D eigenvalue weighted by Gasteiger charge is -2.20. The van der Waals surface area contributed by atoms with Crippen molar-refractivity contribution in [2.45, 2.75) is 13.8 Å². The molecule has 2 amide bonds. The Morgan fingerprint density at radius 1 is 1.35 bits per heavy atom. The van der Waals surface area contributed by atoms with Crippen LogP contribution in [0.3, 0.4) is 0 Å². The molecular formula is C12H15N3O5. The molecule has 0 heterocycles. The minimum atomic E-state index is -0.894. The van der Waals surface area contributed by atoms with Gasteiger partial charge in [0.2, 0.25) is 5.91 Å². The third-order valence-electron chi connectivity index (χ3n) is 2.60. The molecule has 1 aromatic carbocycles. The van der Waals surface area contributed by atoms with Crippen molar-refractivity contribution in [3.8, 4) is 5.75 Å². The van der Waals surface area contributed by atoms with Crippen LogP contribution in [0, 0.1) is 15.5 Å². The van der Waals surface area contributed by atoms with Crippen molar-refractivity contribution < 1.29 is 19.2 Å². The number of nitrogens with one attached hydrogen (secondary N) is 1. The number of rotatable bonds is 5. The monoisotopic (exact) mass is 281 g/mol. The van der Waals surface area contributed by atoms with Crippen molar-refractivity contribution in [2.75, 3.05) is 6.54 Å². The maximum Gasteiger partial charge on any atom is 0.412 e. The summed E-state index contributed by atoms with van der Waals surface area (Å²) in [5.41, 5.74) is 4.16. The fourth-order valence-electron chi connectivity index (χ4n) is 1.16. The van der Waals surface area contributed by atoms with Crippen LogP contribution < -0.4 is 15.8 Å². The fraction of sp³-hybridized carbons (Fsp3) is 0.333. The van der Waals surface area contributed by atoms with Gasteiger partial charge in [0.05, 0.1) is 10.3 Å². The van der Waals surface area contributed by atoms with E-state index in [9.17, 15) is 19.7 Å². The van der Waals surface area contributed by atoms with Gasteiger partial charge in [-0.3, -0.25) is 14.9 Å². The summed E-state index contributed by atoms with van der Waals surface area (Å²) in [5, 5.41) is 12.8. The van der Waals surface area contributed by atoms with Crippen molar-refractivity contribution in [2.24, 2.45) is 11.1 Å². The highest BCUT2D eigenvalue weighted by molar-refractivity contribution is 5.81. The van der Waals surface area contributed by atoms with E-state index in [1.165, 1.54) is 24.3 Å². The Kier molecular flexibility index (Phi) is 4.63. The minimum absolute atomic E-state index is 0.0220. The van der Waals surface area contributed by atoms with Gasteiger partial charge >= 0.3 is 6.09 Å². The van der Waals surface area contributed by atoms with Gasteiger partial charge < -0.3 is 15.8 Å². The van der Waals surface area contributed by atoms with E-state index in [1.807, 2.05) is 0 Å². The molecule has 0 aliphatic heterocycles. The molecular weight excluding hydrogens is 266 g/mol. The highest BCUT2D eigenvalue weighted by Gasteiger charge is 2.25. The number of amides is 2. The van der Waals surface area contributed by atoms with E-state index >= 15 is 0 Å². The normalized spacial score (nSPS) is 10.7. The number of carbonyl (C=O) groups excluding carboxylic acids is 2. The topological polar surface area (TPSA) is 125 Å². The molecule has 1 rings (SSSR count). The number of nitrogens with two attached hydrogens (primary N) is 1. The molecule has 20 heavy (non-hydrogen) atoms. The first kappa shape index (κ1) is 15.4. The standard InChI is InChI=1S/C12H15N3O5/c1-12(2,10(13)16)7-14-11(17)20-9-5-3-8(4-6-9)15(18)19/h3-6H,7H2,1-2H3,(H2,13,16)(H,14,17). The Morgan fingerprint density at radius 3 is 2.35 bits per heavy atom. The van der Waals surface area contributed by atoms with Gasteiger partial charge in [0.1, 0.15) is 5.75 Å². The molecule has 0 bridgehead atoms. The van der Waals surface area contributed by atoms with Crippen LogP contribution >= 0.6 is 0 Å². The van der Waals surface area contributed by atoms with Gasteiger partial charge in [0.25, 0.3) is 5.69 Å². The Bertz CT molecular complexity index is 524. The molecule has 0 unspecified atom stereocenters. The van der Waals surface area contributed by atoms with Crippen LogP contribution in [-0.4, -0.2) is 23.5 Å². The molecule has 8 heteroatoms. The number of ether oxygens (including phenoxy) is 1. The van der Waals surface area contributed by atoms with Gasteiger partial charge in [-0.15, -0.1) is 0 Å². The van der Waals surface area contributed by atoms with E-state index in [-0.39, 0.29) is 18.0 Å². The summed E-state index contributed by atoms with van der Waals surface area (Å²) < 4.78 is 4.90. The molecule has 0 aromatic heterocycles. The Hall–Kier alpha value is -2.64. The van der Waals surface area contributed by atoms with Crippen molar-refractivity contribution >= 4 is 17.7 Å². The minimum Gasteiger partial charge on any atom is -0.410 e. The van der Waals surface area contributed by atoms with Crippen molar-refractivity contribution in [3.63, 3.8) is 0 Å². The summed E-state index contributed by atoms with van der Waals surface area (Å²) in [4.78, 5) is 32.4. The molecule has 1 aromatic rings. The van der Waals surface area contributed by atoms with Gasteiger partial charge in [0.15, 0.2) is 0 Å². The van der Waals surface area contributed by atoms with Crippen molar-refractivity contribution in [3.05, 3.63) is 34.4 Å². The summed E-state index contributed by atoms with van der Waals surface area (Å²) in [6.45, 7) is 3.19. The quantitative estimate of drug-likeness (QED) is 0.619. The van der Waals surface area contributed by atoms with E-state index in [0.29, 0.717) is 0 Å². The number of hydrogen-bond acceptors (Lipinski definition) is 5. The van der Waals surface area contributed by atoms with E-state index < -0.39 is 22.3 Å². The van der Waals surface area contributed by atoms with Crippen molar-refractivity contribution in [1.82, 2.24) is 5.32 Å². The predicted molar refractivity (Wildman–Crippen MR) is 70.1 cm³/mol. The Labute approximate surface area is 115 Å². The molecule has 0 saturated heterocycles. The van der Waals surface area contributed by atoms with Gasteiger partial charge in [-0.2, -0.15) is 0 Å². The zero-order valence-corrected chi connectivity index (χ0v) is 11.1. The number of primary amides is 1. The molecule has 0 atom stereocenters. The highest BCUT2D eigenvalue weighted by Crippen LogP contribution is 2.17. The third-order valence-corrected chi connectivity index (χ3v) is 2.60. The van der Waals surface area contributed by atoms with Crippen LogP contribution in [0.15, 0.2) is 24.3 Å². The first-order chi connectivity index (χ1) is 9.22. The molecule has 0 radical (unpaired) electrons. The number of nitro benzene ring substituents is 1. The van der Waals surface area contributed by atoms with Crippen LogP contribution in [0.4, 0.5) is 10.5 Å². The Balaban J connectivity index is 2.54. The number of nitro groups is 1. The van der Waals surface area contributed by atoms with E-state index in [0.717, 1.165) is 0 Å². The molecule has 0 saturated carbocycles. The number of non-ortho nitro benzene ring substituents is 1. The summed E-state index contributed by atoms with van der Waals surface area (Å²) in [7, 11) is 0. The van der Waals surface area contributed by atoms with E-state index in [2.05, 4.69) is 5.32 Å². The van der Waals surface area contributed by atoms with E-state index in [1.54, 1.807) is 13.8 Å². The average Bonchev–Trinajstić information content (AvgIpc) is 2.37. The van der Waals surface area contributed by atoms with Crippen LogP contribution in [-0.2, 0) is 4.79 Å². The molecule has 0 aliphatic rings. The second-order valence-electron chi connectivity index (χ2n) is 4.74. The first-order valence-corrected chi connectivity index (χ1v) is 5.72. The molecule has 0 aliphatic carbocycles. The lowest BCUT2D eigenvalue weighted by Crippen LogP contribution is -2.43. The van der Waals surface area contributed by atoms with Gasteiger partial charge in [0, 0.05) is 18.7 Å². The molecule has 8 nitrogen and oxygen atoms in total. The number of nitrogens with zero attached hydrogens (tertiary/aromatic N) is 1. The van der Waals surface area contributed by atoms with Crippen LogP contribution in [0.2, 0.25) is 0 Å². The Morgan fingerprint density at radius 2 is 1.90 bits per heavy atom. The summed E-state index contributed by atoms with van der Waals surface area (Å²) in [5.74, 6) is -0.391. The maximum absolute atomic E-state index is 11.5. The van der Waals surface area contributed by atoms with Crippen molar-refractivity contribution in [1.29, 1.82) is 0 Å². The zero-order chi connectivity index (χ0) is 15.3. The number of carbonyl (C=O) groups is 2. The van der Waals surface area contributed by atoms with Gasteiger partial charge in [-0.05, 0) is 26.0 Å². The maximum atomic E-state index is 11.5. The molecule has 0 fully saturated rings. The predicted octanol–water partition coefficient (Wildman–Crippen LogP) is 1.19. The van der Waals surface area contributed by atoms with Crippen LogP contribution in [0.1, 0.15) is 13.8 Å². The number of hydrogen-bond donors (Lipinski definition) is 2. The fourth-order valence-corrected chi connectivity index (χ4v) is 1.16. The summed E-state index contributed by atoms with van der Waals surface area (Å²) >= 11 is 0. The van der Waals surface area contributed by atoms with Crippen LogP contribution in [0.25, 0.3) is 0 Å². The summed E-state index contributed by atoms with van der Waals surface area (Å²) in [6.07, 6.45) is -0.770. The number of benzene rings is 1. The average molecular weight is 281 g/mol. The van der Waals surface area contributed by atoms with Gasteiger partial charge in [-0.1, -0.05) is 0 Å². The molecule has 3 N–H and O–H groups in total. The zero-order valence-electron chi connectivity index (χ0n) is 11.1. The largest absolute Gasteiger partial charge is 0.412 e. The highest BCUT2D eigenvalue weighted by atomic mass is 16.6. The SMILES string of the molecule is CC(C)(CNC(=O)Oc1ccc([N+](=O)[O-])cc1)C(N)=O. The second-order valence-corrected chi connectivity index (χ2v) is 4.74. The smallest absolute Gasteiger partial charge is 0.410 e. The second kappa shape index (κ2) is 6.00. The van der Waals surface area contributed by atoms with E-state index in [4.69, 9.17) is 10.5 Å². The van der Waals surface area contributed by atoms with Gasteiger partial charge in [-0.25, -0.2) is 4.79 Å². The van der Waals surface area contributed by atoms with Crippen LogP contribution in [0.5, 0.6) is 5.75 Å². The first-order valence-electron chi connectivity index (χ1n) is 5.72.